The van der Waals surface area contributed by atoms with E-state index in [2.05, 4.69) is 36.2 Å². The molecular weight excluding hydrogens is 224 g/mol. The topological polar surface area (TPSA) is 33.1 Å². The van der Waals surface area contributed by atoms with Gasteiger partial charge >= 0.3 is 0 Å². The molecule has 0 radical (unpaired) electrons. The largest absolute Gasteiger partial charge is 0.313 e. The number of nitrogens with one attached hydrogen (secondary N) is 1. The summed E-state index contributed by atoms with van der Waals surface area (Å²) in [5, 5.41) is 8.03. The molecule has 1 saturated heterocycles. The lowest BCUT2D eigenvalue weighted by Crippen LogP contribution is -2.36. The summed E-state index contributed by atoms with van der Waals surface area (Å²) in [5.41, 5.74) is 3.91. The summed E-state index contributed by atoms with van der Waals surface area (Å²) in [6.07, 6.45) is 3.77. The molecule has 4 nitrogen and oxygen atoms in total. The van der Waals surface area contributed by atoms with Crippen LogP contribution in [-0.2, 0) is 13.5 Å². The van der Waals surface area contributed by atoms with Gasteiger partial charge in [0.25, 0.3) is 0 Å². The minimum Gasteiger partial charge on any atom is -0.313 e. The van der Waals surface area contributed by atoms with Gasteiger partial charge in [-0.1, -0.05) is 0 Å². The Morgan fingerprint density at radius 2 is 2.22 bits per heavy atom. The van der Waals surface area contributed by atoms with Gasteiger partial charge in [-0.05, 0) is 52.3 Å². The second-order valence-corrected chi connectivity index (χ2v) is 5.58. The molecule has 102 valence electrons. The number of nitrogens with zero attached hydrogens (tertiary/aromatic N) is 3. The quantitative estimate of drug-likeness (QED) is 0.854. The predicted octanol–water partition coefficient (Wildman–Crippen LogP) is 1.26. The highest BCUT2D eigenvalue weighted by molar-refractivity contribution is 5.24. The van der Waals surface area contributed by atoms with Crippen LogP contribution in [-0.4, -0.2) is 47.4 Å². The molecule has 0 amide bonds. The second kappa shape index (κ2) is 5.85. The van der Waals surface area contributed by atoms with Crippen molar-refractivity contribution in [1.82, 2.24) is 20.0 Å². The van der Waals surface area contributed by atoms with E-state index in [0.717, 1.165) is 13.0 Å². The number of aromatic nitrogens is 2. The molecule has 0 bridgehead atoms. The molecule has 0 spiro atoms. The number of rotatable bonds is 5. The summed E-state index contributed by atoms with van der Waals surface area (Å²) in [7, 11) is 4.25. The van der Waals surface area contributed by atoms with Crippen LogP contribution in [0.3, 0.4) is 0 Å². The van der Waals surface area contributed by atoms with Crippen molar-refractivity contribution in [2.24, 2.45) is 7.05 Å². The molecule has 0 aromatic carbocycles. The number of hydrogen-bond donors (Lipinski definition) is 1. The van der Waals surface area contributed by atoms with Gasteiger partial charge in [0.15, 0.2) is 0 Å². The fourth-order valence-electron chi connectivity index (χ4n) is 2.86. The van der Waals surface area contributed by atoms with Crippen molar-refractivity contribution in [2.75, 3.05) is 26.7 Å². The van der Waals surface area contributed by atoms with E-state index >= 15 is 0 Å². The first kappa shape index (κ1) is 13.6. The van der Waals surface area contributed by atoms with Crippen molar-refractivity contribution in [3.05, 3.63) is 17.0 Å². The van der Waals surface area contributed by atoms with E-state index in [-0.39, 0.29) is 0 Å². The van der Waals surface area contributed by atoms with Crippen LogP contribution in [0.4, 0.5) is 0 Å². The van der Waals surface area contributed by atoms with Gasteiger partial charge in [-0.15, -0.1) is 0 Å². The number of aryl methyl sites for hydroxylation is 2. The highest BCUT2D eigenvalue weighted by atomic mass is 15.3. The zero-order valence-electron chi connectivity index (χ0n) is 12.2. The molecule has 1 atom stereocenters. The second-order valence-electron chi connectivity index (χ2n) is 5.58. The molecule has 1 aromatic heterocycles. The summed E-state index contributed by atoms with van der Waals surface area (Å²) in [6.45, 7) is 7.75. The van der Waals surface area contributed by atoms with Crippen molar-refractivity contribution in [3.8, 4) is 0 Å². The van der Waals surface area contributed by atoms with Gasteiger partial charge < -0.3 is 10.2 Å². The number of likely N-dealkylation sites (N-methyl/N-ethyl adjacent to an activating group) is 1. The molecule has 2 rings (SSSR count). The van der Waals surface area contributed by atoms with Crippen LogP contribution >= 0.6 is 0 Å². The van der Waals surface area contributed by atoms with Crippen molar-refractivity contribution in [1.29, 1.82) is 0 Å². The Balaban J connectivity index is 1.83. The maximum absolute atomic E-state index is 4.48. The summed E-state index contributed by atoms with van der Waals surface area (Å²) in [4.78, 5) is 2.44. The van der Waals surface area contributed by atoms with Crippen molar-refractivity contribution in [2.45, 2.75) is 39.2 Å². The fraction of sp³-hybridized carbons (Fsp3) is 0.786. The van der Waals surface area contributed by atoms with E-state index < -0.39 is 0 Å². The van der Waals surface area contributed by atoms with E-state index in [9.17, 15) is 0 Å². The van der Waals surface area contributed by atoms with Crippen LogP contribution in [0.15, 0.2) is 0 Å². The molecule has 18 heavy (non-hydrogen) atoms. The Morgan fingerprint density at radius 3 is 2.78 bits per heavy atom. The van der Waals surface area contributed by atoms with Gasteiger partial charge in [-0.25, -0.2) is 0 Å². The van der Waals surface area contributed by atoms with Gasteiger partial charge in [0.05, 0.1) is 5.69 Å². The molecule has 1 aliphatic rings. The minimum atomic E-state index is 0.700. The van der Waals surface area contributed by atoms with Gasteiger partial charge in [0.1, 0.15) is 0 Å². The maximum Gasteiger partial charge on any atom is 0.0628 e. The first-order valence-corrected chi connectivity index (χ1v) is 6.99. The van der Waals surface area contributed by atoms with E-state index in [0.29, 0.717) is 6.04 Å². The van der Waals surface area contributed by atoms with Crippen LogP contribution in [0, 0.1) is 13.8 Å². The van der Waals surface area contributed by atoms with Crippen LogP contribution in [0.1, 0.15) is 29.8 Å². The first-order valence-electron chi connectivity index (χ1n) is 6.99. The van der Waals surface area contributed by atoms with Crippen molar-refractivity contribution in [3.63, 3.8) is 0 Å². The van der Waals surface area contributed by atoms with Gasteiger partial charge in [-0.3, -0.25) is 4.68 Å². The first-order chi connectivity index (χ1) is 8.58. The molecule has 1 aromatic rings. The zero-order chi connectivity index (χ0) is 13.1. The molecule has 1 unspecified atom stereocenters. The van der Waals surface area contributed by atoms with Gasteiger partial charge in [0.2, 0.25) is 0 Å². The van der Waals surface area contributed by atoms with Crippen LogP contribution in [0.25, 0.3) is 0 Å². The van der Waals surface area contributed by atoms with E-state index in [1.54, 1.807) is 0 Å². The third kappa shape index (κ3) is 3.12. The summed E-state index contributed by atoms with van der Waals surface area (Å²) in [5.74, 6) is 0. The Hall–Kier alpha value is -0.870. The van der Waals surface area contributed by atoms with Crippen molar-refractivity contribution >= 4 is 0 Å². The average Bonchev–Trinajstić information content (AvgIpc) is 2.88. The molecule has 1 fully saturated rings. The van der Waals surface area contributed by atoms with Crippen LogP contribution in [0.2, 0.25) is 0 Å². The Morgan fingerprint density at radius 1 is 1.44 bits per heavy atom. The molecule has 4 heteroatoms. The standard InChI is InChI=1S/C14H26N4/c1-11-14(12(2)18(4)16-11)7-9-17(3)10-13-6-5-8-15-13/h13,15H,5-10H2,1-4H3. The van der Waals surface area contributed by atoms with E-state index in [1.807, 2.05) is 11.7 Å². The van der Waals surface area contributed by atoms with Gasteiger partial charge in [-0.2, -0.15) is 5.10 Å². The predicted molar refractivity (Wildman–Crippen MR) is 74.9 cm³/mol. The normalized spacial score (nSPS) is 19.9. The molecule has 0 saturated carbocycles. The van der Waals surface area contributed by atoms with Crippen molar-refractivity contribution < 1.29 is 0 Å². The van der Waals surface area contributed by atoms with Crippen LogP contribution in [0.5, 0.6) is 0 Å². The average molecular weight is 250 g/mol. The lowest BCUT2D eigenvalue weighted by atomic mass is 10.1. The Kier molecular flexibility index (Phi) is 4.40. The lowest BCUT2D eigenvalue weighted by molar-refractivity contribution is 0.303. The third-order valence-corrected chi connectivity index (χ3v) is 4.10. The molecule has 2 heterocycles. The van der Waals surface area contributed by atoms with Gasteiger partial charge in [0, 0.05) is 31.9 Å². The maximum atomic E-state index is 4.48. The highest BCUT2D eigenvalue weighted by Gasteiger charge is 2.16. The zero-order valence-corrected chi connectivity index (χ0v) is 12.2. The highest BCUT2D eigenvalue weighted by Crippen LogP contribution is 2.13. The van der Waals surface area contributed by atoms with Crippen LogP contribution < -0.4 is 5.32 Å². The molecule has 1 aliphatic heterocycles. The monoisotopic (exact) mass is 250 g/mol. The number of hydrogen-bond acceptors (Lipinski definition) is 3. The fourth-order valence-corrected chi connectivity index (χ4v) is 2.86. The van der Waals surface area contributed by atoms with E-state index in [1.165, 1.54) is 42.9 Å². The Bertz CT molecular complexity index is 391. The smallest absolute Gasteiger partial charge is 0.0628 e. The summed E-state index contributed by atoms with van der Waals surface area (Å²) >= 11 is 0. The minimum absolute atomic E-state index is 0.700. The Labute approximate surface area is 110 Å². The summed E-state index contributed by atoms with van der Waals surface area (Å²) in [6, 6.07) is 0.700. The third-order valence-electron chi connectivity index (χ3n) is 4.10. The molecule has 1 N–H and O–H groups in total. The molecule has 0 aliphatic carbocycles. The van der Waals surface area contributed by atoms with E-state index in [4.69, 9.17) is 0 Å². The lowest BCUT2D eigenvalue weighted by Gasteiger charge is -2.21. The SMILES string of the molecule is Cc1nn(C)c(C)c1CCN(C)CC1CCCN1. The summed E-state index contributed by atoms with van der Waals surface area (Å²) < 4.78 is 1.99. The molecular formula is C14H26N4.